The molecule has 2 rings (SSSR count). The third-order valence-electron chi connectivity index (χ3n) is 2.66. The van der Waals surface area contributed by atoms with Gasteiger partial charge in [0, 0.05) is 18.3 Å². The van der Waals surface area contributed by atoms with Crippen molar-refractivity contribution in [2.75, 3.05) is 7.11 Å². The van der Waals surface area contributed by atoms with Gasteiger partial charge in [-0.05, 0) is 18.2 Å². The number of sulfonamides is 1. The highest BCUT2D eigenvalue weighted by molar-refractivity contribution is 7.89. The molecule has 0 saturated carbocycles. The lowest BCUT2D eigenvalue weighted by atomic mass is 10.2. The molecule has 7 nitrogen and oxygen atoms in total. The molecule has 112 valence electrons. The van der Waals surface area contributed by atoms with Crippen molar-refractivity contribution in [3.63, 3.8) is 0 Å². The van der Waals surface area contributed by atoms with Crippen LogP contribution in [0.4, 0.5) is 4.39 Å². The SMILES string of the molecule is COC(=O)c1ccc(F)cc1S(=O)(=O)NCc1cn[nH]c1. The lowest BCUT2D eigenvalue weighted by Crippen LogP contribution is -2.25. The van der Waals surface area contributed by atoms with Crippen molar-refractivity contribution >= 4 is 16.0 Å². The Bertz CT molecular complexity index is 744. The fourth-order valence-corrected chi connectivity index (χ4v) is 2.85. The van der Waals surface area contributed by atoms with E-state index >= 15 is 0 Å². The van der Waals surface area contributed by atoms with Crippen molar-refractivity contribution in [2.24, 2.45) is 0 Å². The maximum absolute atomic E-state index is 13.3. The molecule has 0 atom stereocenters. The Labute approximate surface area is 120 Å². The highest BCUT2D eigenvalue weighted by atomic mass is 32.2. The normalized spacial score (nSPS) is 11.3. The van der Waals surface area contributed by atoms with Gasteiger partial charge in [-0.1, -0.05) is 0 Å². The predicted octanol–water partition coefficient (Wildman–Crippen LogP) is 0.814. The van der Waals surface area contributed by atoms with Crippen LogP contribution in [0.2, 0.25) is 0 Å². The molecule has 0 unspecified atom stereocenters. The molecular formula is C12H12FN3O4S. The Morgan fingerprint density at radius 2 is 2.24 bits per heavy atom. The van der Waals surface area contributed by atoms with Crippen LogP contribution in [0.3, 0.4) is 0 Å². The van der Waals surface area contributed by atoms with E-state index in [9.17, 15) is 17.6 Å². The molecule has 2 N–H and O–H groups in total. The first-order chi connectivity index (χ1) is 9.94. The molecule has 0 aliphatic carbocycles. The van der Waals surface area contributed by atoms with Crippen molar-refractivity contribution in [1.29, 1.82) is 0 Å². The first-order valence-electron chi connectivity index (χ1n) is 5.79. The molecular weight excluding hydrogens is 301 g/mol. The van der Waals surface area contributed by atoms with Gasteiger partial charge in [0.25, 0.3) is 0 Å². The van der Waals surface area contributed by atoms with Crippen LogP contribution in [-0.2, 0) is 21.3 Å². The van der Waals surface area contributed by atoms with Crippen LogP contribution in [0.15, 0.2) is 35.5 Å². The molecule has 0 fully saturated rings. The summed E-state index contributed by atoms with van der Waals surface area (Å²) in [5, 5.41) is 6.21. The number of rotatable bonds is 5. The minimum Gasteiger partial charge on any atom is -0.465 e. The number of benzene rings is 1. The maximum Gasteiger partial charge on any atom is 0.339 e. The number of esters is 1. The van der Waals surface area contributed by atoms with Gasteiger partial charge >= 0.3 is 5.97 Å². The van der Waals surface area contributed by atoms with Crippen molar-refractivity contribution in [1.82, 2.24) is 14.9 Å². The molecule has 2 aromatic rings. The van der Waals surface area contributed by atoms with Crippen LogP contribution in [-0.4, -0.2) is 31.7 Å². The van der Waals surface area contributed by atoms with Crippen LogP contribution in [0.1, 0.15) is 15.9 Å². The first kappa shape index (κ1) is 15.1. The summed E-state index contributed by atoms with van der Waals surface area (Å²) in [6.07, 6.45) is 2.95. The second kappa shape index (κ2) is 6.02. The number of halogens is 1. The summed E-state index contributed by atoms with van der Waals surface area (Å²) in [5.74, 6) is -1.63. The molecule has 9 heteroatoms. The average Bonchev–Trinajstić information content (AvgIpc) is 2.98. The molecule has 0 aliphatic rings. The number of ether oxygens (including phenoxy) is 1. The molecule has 0 saturated heterocycles. The van der Waals surface area contributed by atoms with Crippen molar-refractivity contribution < 1.29 is 22.3 Å². The van der Waals surface area contributed by atoms with E-state index < -0.39 is 26.7 Å². The summed E-state index contributed by atoms with van der Waals surface area (Å²) in [6, 6.07) is 2.82. The Morgan fingerprint density at radius 1 is 1.48 bits per heavy atom. The van der Waals surface area contributed by atoms with E-state index in [2.05, 4.69) is 19.7 Å². The lowest BCUT2D eigenvalue weighted by Gasteiger charge is -2.10. The Kier molecular flexibility index (Phi) is 4.34. The number of nitrogens with one attached hydrogen (secondary N) is 2. The zero-order valence-electron chi connectivity index (χ0n) is 11.0. The van der Waals surface area contributed by atoms with E-state index in [1.807, 2.05) is 0 Å². The van der Waals surface area contributed by atoms with Gasteiger partial charge in [-0.25, -0.2) is 22.3 Å². The topological polar surface area (TPSA) is 101 Å². The van der Waals surface area contributed by atoms with E-state index in [1.165, 1.54) is 12.4 Å². The van der Waals surface area contributed by atoms with Gasteiger partial charge in [-0.2, -0.15) is 5.10 Å². The molecule has 21 heavy (non-hydrogen) atoms. The average molecular weight is 313 g/mol. The summed E-state index contributed by atoms with van der Waals surface area (Å²) in [6.45, 7) is -0.0457. The number of carbonyl (C=O) groups excluding carboxylic acids is 1. The second-order valence-corrected chi connectivity index (χ2v) is 5.80. The van der Waals surface area contributed by atoms with E-state index in [-0.39, 0.29) is 12.1 Å². The van der Waals surface area contributed by atoms with Gasteiger partial charge in [0.1, 0.15) is 5.82 Å². The highest BCUT2D eigenvalue weighted by Crippen LogP contribution is 2.18. The van der Waals surface area contributed by atoms with Crippen LogP contribution >= 0.6 is 0 Å². The lowest BCUT2D eigenvalue weighted by molar-refractivity contribution is 0.0596. The molecule has 0 radical (unpaired) electrons. The summed E-state index contributed by atoms with van der Waals surface area (Å²) in [4.78, 5) is 11.1. The van der Waals surface area contributed by atoms with Gasteiger partial charge in [0.05, 0.1) is 23.8 Å². The summed E-state index contributed by atoms with van der Waals surface area (Å²) >= 11 is 0. The van der Waals surface area contributed by atoms with Crippen LogP contribution < -0.4 is 4.72 Å². The number of aromatic nitrogens is 2. The van der Waals surface area contributed by atoms with Crippen LogP contribution in [0, 0.1) is 5.82 Å². The standard InChI is InChI=1S/C12H12FN3O4S/c1-20-12(17)10-3-2-9(13)4-11(10)21(18,19)16-7-8-5-14-15-6-8/h2-6,16H,7H2,1H3,(H,14,15). The first-order valence-corrected chi connectivity index (χ1v) is 7.27. The van der Waals surface area contributed by atoms with Gasteiger partial charge < -0.3 is 4.74 Å². The zero-order chi connectivity index (χ0) is 15.5. The molecule has 1 aromatic heterocycles. The number of carbonyl (C=O) groups is 1. The Morgan fingerprint density at radius 3 is 2.86 bits per heavy atom. The van der Waals surface area contributed by atoms with Gasteiger partial charge in [0.2, 0.25) is 10.0 Å². The molecule has 1 heterocycles. The molecule has 0 aliphatic heterocycles. The van der Waals surface area contributed by atoms with E-state index in [4.69, 9.17) is 0 Å². The van der Waals surface area contributed by atoms with Gasteiger partial charge in [-0.15, -0.1) is 0 Å². The summed E-state index contributed by atoms with van der Waals surface area (Å²) in [7, 11) is -2.97. The number of hydrogen-bond acceptors (Lipinski definition) is 5. The summed E-state index contributed by atoms with van der Waals surface area (Å²) in [5.41, 5.74) is 0.355. The zero-order valence-corrected chi connectivity index (χ0v) is 11.8. The van der Waals surface area contributed by atoms with E-state index in [0.29, 0.717) is 5.56 Å². The number of nitrogens with zero attached hydrogens (tertiary/aromatic N) is 1. The number of hydrogen-bond donors (Lipinski definition) is 2. The number of aromatic amines is 1. The Hall–Kier alpha value is -2.26. The third-order valence-corrected chi connectivity index (χ3v) is 4.10. The monoisotopic (exact) mass is 313 g/mol. The number of H-pyrrole nitrogens is 1. The predicted molar refractivity (Wildman–Crippen MR) is 70.4 cm³/mol. The van der Waals surface area contributed by atoms with Crippen molar-refractivity contribution in [2.45, 2.75) is 11.4 Å². The molecule has 1 aromatic carbocycles. The van der Waals surface area contributed by atoms with E-state index in [1.54, 1.807) is 0 Å². The Balaban J connectivity index is 2.34. The summed E-state index contributed by atoms with van der Waals surface area (Å²) < 4.78 is 44.5. The minimum absolute atomic E-state index is 0.0457. The fraction of sp³-hybridized carbons (Fsp3) is 0.167. The van der Waals surface area contributed by atoms with E-state index in [0.717, 1.165) is 25.3 Å². The molecule has 0 spiro atoms. The van der Waals surface area contributed by atoms with Gasteiger partial charge in [0.15, 0.2) is 0 Å². The third kappa shape index (κ3) is 3.44. The van der Waals surface area contributed by atoms with Crippen LogP contribution in [0.5, 0.6) is 0 Å². The maximum atomic E-state index is 13.3. The minimum atomic E-state index is -4.08. The van der Waals surface area contributed by atoms with Crippen molar-refractivity contribution in [3.8, 4) is 0 Å². The molecule has 0 bridgehead atoms. The second-order valence-electron chi connectivity index (χ2n) is 4.06. The van der Waals surface area contributed by atoms with Crippen molar-refractivity contribution in [3.05, 3.63) is 47.5 Å². The molecule has 0 amide bonds. The largest absolute Gasteiger partial charge is 0.465 e. The highest BCUT2D eigenvalue weighted by Gasteiger charge is 2.23. The van der Waals surface area contributed by atoms with Gasteiger partial charge in [-0.3, -0.25) is 5.10 Å². The quantitative estimate of drug-likeness (QED) is 0.796. The smallest absolute Gasteiger partial charge is 0.339 e. The number of methoxy groups -OCH3 is 1. The van der Waals surface area contributed by atoms with Crippen LogP contribution in [0.25, 0.3) is 0 Å². The fourth-order valence-electron chi connectivity index (χ4n) is 1.63.